The molecule has 0 saturated carbocycles. The Balaban J connectivity index is 1.56. The molecule has 1 N–H and O–H groups in total. The Labute approximate surface area is 152 Å². The second-order valence-electron chi connectivity index (χ2n) is 6.57. The van der Waals surface area contributed by atoms with Gasteiger partial charge in [0.2, 0.25) is 0 Å². The molecule has 3 heterocycles. The molecule has 26 heavy (non-hydrogen) atoms. The zero-order valence-electron chi connectivity index (χ0n) is 14.7. The van der Waals surface area contributed by atoms with Crippen LogP contribution in [0.15, 0.2) is 65.5 Å². The van der Waals surface area contributed by atoms with Crippen molar-refractivity contribution in [3.63, 3.8) is 0 Å². The summed E-state index contributed by atoms with van der Waals surface area (Å²) in [6, 6.07) is 13.7. The minimum atomic E-state index is -0.0877. The van der Waals surface area contributed by atoms with Crippen molar-refractivity contribution in [1.82, 2.24) is 9.88 Å². The molecule has 4 rings (SSSR count). The molecule has 132 valence electrons. The number of amides is 2. The summed E-state index contributed by atoms with van der Waals surface area (Å²) < 4.78 is 5.52. The minimum Gasteiger partial charge on any atom is -0.467 e. The summed E-state index contributed by atoms with van der Waals surface area (Å²) in [5.74, 6) is 0.846. The van der Waals surface area contributed by atoms with Crippen molar-refractivity contribution in [3.8, 4) is 11.1 Å². The van der Waals surface area contributed by atoms with Gasteiger partial charge in [-0.2, -0.15) is 0 Å². The molecule has 0 unspecified atom stereocenters. The van der Waals surface area contributed by atoms with Crippen LogP contribution in [-0.4, -0.2) is 22.5 Å². The number of carbonyl (C=O) groups is 1. The molecule has 0 aliphatic carbocycles. The van der Waals surface area contributed by atoms with Crippen LogP contribution in [0.25, 0.3) is 11.1 Å². The number of carbonyl (C=O) groups excluding carboxylic acids is 1. The number of rotatable bonds is 3. The van der Waals surface area contributed by atoms with Gasteiger partial charge in [0.25, 0.3) is 0 Å². The highest BCUT2D eigenvalue weighted by Crippen LogP contribution is 2.33. The van der Waals surface area contributed by atoms with Crippen molar-refractivity contribution in [3.05, 3.63) is 72.4 Å². The van der Waals surface area contributed by atoms with Crippen LogP contribution in [0.5, 0.6) is 0 Å². The first-order valence-corrected chi connectivity index (χ1v) is 8.84. The van der Waals surface area contributed by atoms with Gasteiger partial charge in [-0.05, 0) is 55.2 Å². The fraction of sp³-hybridized carbons (Fsp3) is 0.238. The Kier molecular flexibility index (Phi) is 4.44. The predicted molar refractivity (Wildman–Crippen MR) is 101 cm³/mol. The van der Waals surface area contributed by atoms with E-state index < -0.39 is 0 Å². The third-order valence-corrected chi connectivity index (χ3v) is 4.86. The van der Waals surface area contributed by atoms with E-state index in [9.17, 15) is 4.79 Å². The van der Waals surface area contributed by atoms with Crippen LogP contribution in [0.3, 0.4) is 0 Å². The van der Waals surface area contributed by atoms with E-state index in [1.807, 2.05) is 60.5 Å². The fourth-order valence-corrected chi connectivity index (χ4v) is 3.44. The highest BCUT2D eigenvalue weighted by atomic mass is 16.3. The van der Waals surface area contributed by atoms with Gasteiger partial charge in [0.15, 0.2) is 0 Å². The molecule has 5 nitrogen and oxygen atoms in total. The normalized spacial score (nSPS) is 16.7. The standard InChI is InChI=1S/C21H21N3O2/c1-15-8-9-16(17-5-2-10-22-14-17)13-18(15)23-21(25)24-11-3-6-19(24)20-7-4-12-26-20/h2,4-5,7-10,12-14,19H,3,6,11H2,1H3,(H,23,25)/t19-/m1/s1. The van der Waals surface area contributed by atoms with Gasteiger partial charge in [0.05, 0.1) is 12.3 Å². The average Bonchev–Trinajstić information content (AvgIpc) is 3.35. The first-order chi connectivity index (χ1) is 12.7. The number of nitrogens with zero attached hydrogens (tertiary/aromatic N) is 2. The van der Waals surface area contributed by atoms with Gasteiger partial charge in [0.1, 0.15) is 5.76 Å². The topological polar surface area (TPSA) is 58.4 Å². The Hall–Kier alpha value is -3.08. The molecule has 2 amide bonds. The lowest BCUT2D eigenvalue weighted by Crippen LogP contribution is -2.34. The molecule has 0 radical (unpaired) electrons. The number of hydrogen-bond acceptors (Lipinski definition) is 3. The van der Waals surface area contributed by atoms with Crippen molar-refractivity contribution in [2.45, 2.75) is 25.8 Å². The summed E-state index contributed by atoms with van der Waals surface area (Å²) in [6.07, 6.45) is 7.14. The number of likely N-dealkylation sites (tertiary alicyclic amines) is 1. The quantitative estimate of drug-likeness (QED) is 0.724. The molecule has 1 aromatic carbocycles. The number of pyridine rings is 1. The maximum Gasteiger partial charge on any atom is 0.322 e. The predicted octanol–water partition coefficient (Wildman–Crippen LogP) is 5.02. The second kappa shape index (κ2) is 7.04. The number of furan rings is 1. The number of aryl methyl sites for hydroxylation is 1. The van der Waals surface area contributed by atoms with Gasteiger partial charge < -0.3 is 14.6 Å². The third kappa shape index (κ3) is 3.20. The highest BCUT2D eigenvalue weighted by Gasteiger charge is 2.31. The SMILES string of the molecule is Cc1ccc(-c2cccnc2)cc1NC(=O)N1CCC[C@@H]1c1ccco1. The van der Waals surface area contributed by atoms with E-state index in [0.717, 1.165) is 47.5 Å². The Morgan fingerprint density at radius 3 is 2.92 bits per heavy atom. The van der Waals surface area contributed by atoms with Crippen LogP contribution < -0.4 is 5.32 Å². The Morgan fingerprint density at radius 2 is 2.15 bits per heavy atom. The lowest BCUT2D eigenvalue weighted by Gasteiger charge is -2.24. The van der Waals surface area contributed by atoms with E-state index in [1.54, 1.807) is 12.5 Å². The van der Waals surface area contributed by atoms with Gasteiger partial charge in [-0.25, -0.2) is 4.79 Å². The number of nitrogens with one attached hydrogen (secondary N) is 1. The Morgan fingerprint density at radius 1 is 1.23 bits per heavy atom. The molecule has 0 bridgehead atoms. The number of anilines is 1. The van der Waals surface area contributed by atoms with Crippen LogP contribution in [-0.2, 0) is 0 Å². The minimum absolute atomic E-state index is 0.00631. The van der Waals surface area contributed by atoms with Gasteiger partial charge in [0, 0.05) is 30.2 Å². The van der Waals surface area contributed by atoms with Crippen LogP contribution in [0.4, 0.5) is 10.5 Å². The number of benzene rings is 1. The van der Waals surface area contributed by atoms with E-state index in [-0.39, 0.29) is 12.1 Å². The smallest absolute Gasteiger partial charge is 0.322 e. The maximum atomic E-state index is 12.9. The molecule has 1 saturated heterocycles. The number of aromatic nitrogens is 1. The van der Waals surface area contributed by atoms with Crippen molar-refractivity contribution in [2.24, 2.45) is 0 Å². The summed E-state index contributed by atoms with van der Waals surface area (Å²) in [4.78, 5) is 18.9. The highest BCUT2D eigenvalue weighted by molar-refractivity contribution is 5.91. The fourth-order valence-electron chi connectivity index (χ4n) is 3.44. The maximum absolute atomic E-state index is 12.9. The van der Waals surface area contributed by atoms with Crippen molar-refractivity contribution in [1.29, 1.82) is 0 Å². The Bertz CT molecular complexity index is 891. The van der Waals surface area contributed by atoms with E-state index in [4.69, 9.17) is 4.42 Å². The lowest BCUT2D eigenvalue weighted by atomic mass is 10.0. The largest absolute Gasteiger partial charge is 0.467 e. The first kappa shape index (κ1) is 16.4. The average molecular weight is 347 g/mol. The summed E-state index contributed by atoms with van der Waals surface area (Å²) in [5, 5.41) is 3.08. The summed E-state index contributed by atoms with van der Waals surface area (Å²) >= 11 is 0. The molecule has 3 aromatic rings. The second-order valence-corrected chi connectivity index (χ2v) is 6.57. The van der Waals surface area contributed by atoms with Crippen LogP contribution in [0, 0.1) is 6.92 Å². The van der Waals surface area contributed by atoms with Gasteiger partial charge >= 0.3 is 6.03 Å². The molecule has 2 aromatic heterocycles. The van der Waals surface area contributed by atoms with Crippen LogP contribution in [0.2, 0.25) is 0 Å². The van der Waals surface area contributed by atoms with Gasteiger partial charge in [-0.15, -0.1) is 0 Å². The summed E-state index contributed by atoms with van der Waals surface area (Å²) in [5.41, 5.74) is 3.90. The molecule has 0 spiro atoms. The third-order valence-electron chi connectivity index (χ3n) is 4.86. The molecular weight excluding hydrogens is 326 g/mol. The van der Waals surface area contributed by atoms with Gasteiger partial charge in [-0.3, -0.25) is 4.98 Å². The lowest BCUT2D eigenvalue weighted by molar-refractivity contribution is 0.200. The molecule has 1 aliphatic heterocycles. The molecule has 1 atom stereocenters. The molecule has 5 heteroatoms. The molecule has 1 aliphatic rings. The summed E-state index contributed by atoms with van der Waals surface area (Å²) in [7, 11) is 0. The van der Waals surface area contributed by atoms with Crippen molar-refractivity contribution < 1.29 is 9.21 Å². The number of hydrogen-bond donors (Lipinski definition) is 1. The molecule has 1 fully saturated rings. The number of urea groups is 1. The van der Waals surface area contributed by atoms with Crippen LogP contribution >= 0.6 is 0 Å². The zero-order chi connectivity index (χ0) is 17.9. The van der Waals surface area contributed by atoms with E-state index in [2.05, 4.69) is 10.3 Å². The molecular formula is C21H21N3O2. The first-order valence-electron chi connectivity index (χ1n) is 8.84. The van der Waals surface area contributed by atoms with Gasteiger partial charge in [-0.1, -0.05) is 18.2 Å². The zero-order valence-corrected chi connectivity index (χ0v) is 14.7. The van der Waals surface area contributed by atoms with E-state index >= 15 is 0 Å². The van der Waals surface area contributed by atoms with Crippen LogP contribution in [0.1, 0.15) is 30.2 Å². The van der Waals surface area contributed by atoms with E-state index in [1.165, 1.54) is 0 Å². The monoisotopic (exact) mass is 347 g/mol. The summed E-state index contributed by atoms with van der Waals surface area (Å²) in [6.45, 7) is 2.73. The van der Waals surface area contributed by atoms with Crippen molar-refractivity contribution >= 4 is 11.7 Å². The van der Waals surface area contributed by atoms with Crippen molar-refractivity contribution in [2.75, 3.05) is 11.9 Å². The van der Waals surface area contributed by atoms with E-state index in [0.29, 0.717) is 0 Å².